The van der Waals surface area contributed by atoms with Crippen LogP contribution in [0.15, 0.2) is 60.3 Å². The third kappa shape index (κ3) is 4.79. The Morgan fingerprint density at radius 3 is 2.29 bits per heavy atom. The van der Waals surface area contributed by atoms with E-state index in [-0.39, 0.29) is 11.5 Å². The van der Waals surface area contributed by atoms with E-state index >= 15 is 0 Å². The second-order valence-electron chi connectivity index (χ2n) is 7.13. The Balaban J connectivity index is 1.59. The number of benzene rings is 2. The van der Waals surface area contributed by atoms with Gasteiger partial charge in [-0.1, -0.05) is 48.5 Å². The van der Waals surface area contributed by atoms with Crippen molar-refractivity contribution in [1.29, 1.82) is 5.26 Å². The number of amides is 1. The molecular weight excluding hydrogens is 348 g/mol. The van der Waals surface area contributed by atoms with Crippen molar-refractivity contribution >= 4 is 11.6 Å². The highest BCUT2D eigenvalue weighted by Crippen LogP contribution is 2.20. The van der Waals surface area contributed by atoms with Gasteiger partial charge in [0.15, 0.2) is 0 Å². The number of hydrogen-bond donors (Lipinski definition) is 1. The van der Waals surface area contributed by atoms with Crippen LogP contribution in [-0.2, 0) is 11.3 Å². The Bertz CT molecular complexity index is 870. The number of carbonyl (C=O) groups excluding carboxylic acids is 1. The van der Waals surface area contributed by atoms with Gasteiger partial charge in [-0.3, -0.25) is 9.69 Å². The number of hydrogen-bond acceptors (Lipinski definition) is 4. The van der Waals surface area contributed by atoms with E-state index in [1.807, 2.05) is 50.2 Å². The highest BCUT2D eigenvalue weighted by atomic mass is 16.2. The normalized spacial score (nSPS) is 15.2. The van der Waals surface area contributed by atoms with Gasteiger partial charge in [0.05, 0.1) is 0 Å². The van der Waals surface area contributed by atoms with Gasteiger partial charge in [0.1, 0.15) is 11.6 Å². The lowest BCUT2D eigenvalue weighted by Crippen LogP contribution is -2.48. The maximum absolute atomic E-state index is 12.8. The highest BCUT2D eigenvalue weighted by Gasteiger charge is 2.23. The number of nitrogens with one attached hydrogen (secondary N) is 1. The topological polar surface area (TPSA) is 59.4 Å². The number of rotatable bonds is 5. The van der Waals surface area contributed by atoms with E-state index in [4.69, 9.17) is 0 Å². The molecule has 1 saturated heterocycles. The summed E-state index contributed by atoms with van der Waals surface area (Å²) in [5.41, 5.74) is 4.51. The zero-order valence-corrected chi connectivity index (χ0v) is 16.5. The van der Waals surface area contributed by atoms with Crippen molar-refractivity contribution in [1.82, 2.24) is 9.80 Å². The first-order chi connectivity index (χ1) is 13.6. The van der Waals surface area contributed by atoms with Gasteiger partial charge in [-0.05, 0) is 30.5 Å². The summed E-state index contributed by atoms with van der Waals surface area (Å²) in [4.78, 5) is 16.9. The lowest BCUT2D eigenvalue weighted by molar-refractivity contribution is -0.128. The molecule has 28 heavy (non-hydrogen) atoms. The maximum atomic E-state index is 12.8. The number of anilines is 1. The molecule has 1 N–H and O–H groups in total. The first kappa shape index (κ1) is 19.7. The van der Waals surface area contributed by atoms with E-state index in [0.29, 0.717) is 13.1 Å². The zero-order valence-electron chi connectivity index (χ0n) is 16.5. The average molecular weight is 374 g/mol. The van der Waals surface area contributed by atoms with Crippen LogP contribution in [0.25, 0.3) is 0 Å². The summed E-state index contributed by atoms with van der Waals surface area (Å²) in [5.74, 6) is -0.208. The standard InChI is InChI=1S/C23H26N4O/c1-18-7-6-8-19(2)22(18)25-16-21(15-24)23(28)27-13-11-26(12-14-27)17-20-9-4-3-5-10-20/h3-10,16,25H,11-14,17H2,1-2H3/b21-16-. The van der Waals surface area contributed by atoms with Crippen LogP contribution in [0.2, 0.25) is 0 Å². The lowest BCUT2D eigenvalue weighted by atomic mass is 10.1. The molecule has 0 atom stereocenters. The summed E-state index contributed by atoms with van der Waals surface area (Å²) < 4.78 is 0. The summed E-state index contributed by atoms with van der Waals surface area (Å²) in [6.07, 6.45) is 1.54. The second-order valence-corrected chi connectivity index (χ2v) is 7.13. The van der Waals surface area contributed by atoms with Crippen LogP contribution in [0.3, 0.4) is 0 Å². The largest absolute Gasteiger partial charge is 0.360 e. The molecule has 0 saturated carbocycles. The molecule has 144 valence electrons. The van der Waals surface area contributed by atoms with E-state index in [0.717, 1.165) is 36.4 Å². The van der Waals surface area contributed by atoms with E-state index in [9.17, 15) is 10.1 Å². The van der Waals surface area contributed by atoms with Gasteiger partial charge in [-0.25, -0.2) is 0 Å². The van der Waals surface area contributed by atoms with Crippen molar-refractivity contribution in [2.75, 3.05) is 31.5 Å². The molecule has 0 aromatic heterocycles. The SMILES string of the molecule is Cc1cccc(C)c1N/C=C(/C#N)C(=O)N1CCN(Cc2ccccc2)CC1. The predicted octanol–water partition coefficient (Wildman–Crippen LogP) is 3.47. The first-order valence-electron chi connectivity index (χ1n) is 9.57. The number of piperazine rings is 1. The summed E-state index contributed by atoms with van der Waals surface area (Å²) in [7, 11) is 0. The van der Waals surface area contributed by atoms with Crippen LogP contribution >= 0.6 is 0 Å². The molecule has 1 aliphatic heterocycles. The van der Waals surface area contributed by atoms with Gasteiger partial charge in [-0.15, -0.1) is 0 Å². The predicted molar refractivity (Wildman–Crippen MR) is 112 cm³/mol. The van der Waals surface area contributed by atoms with E-state index < -0.39 is 0 Å². The van der Waals surface area contributed by atoms with E-state index in [1.54, 1.807) is 4.90 Å². The molecule has 1 amide bonds. The first-order valence-corrected chi connectivity index (χ1v) is 9.57. The molecule has 0 aliphatic carbocycles. The monoisotopic (exact) mass is 374 g/mol. The van der Waals surface area contributed by atoms with Crippen molar-refractivity contribution in [3.63, 3.8) is 0 Å². The van der Waals surface area contributed by atoms with Gasteiger partial charge < -0.3 is 10.2 Å². The molecular formula is C23H26N4O. The Morgan fingerprint density at radius 1 is 1.04 bits per heavy atom. The minimum Gasteiger partial charge on any atom is -0.360 e. The third-order valence-corrected chi connectivity index (χ3v) is 5.10. The molecule has 5 heteroatoms. The van der Waals surface area contributed by atoms with Crippen LogP contribution in [0.1, 0.15) is 16.7 Å². The molecule has 0 spiro atoms. The molecule has 0 unspecified atom stereocenters. The van der Waals surface area contributed by atoms with Gasteiger partial charge in [0, 0.05) is 44.6 Å². The van der Waals surface area contributed by atoms with Gasteiger partial charge in [-0.2, -0.15) is 5.26 Å². The molecule has 2 aromatic carbocycles. The Morgan fingerprint density at radius 2 is 1.68 bits per heavy atom. The smallest absolute Gasteiger partial charge is 0.266 e. The Kier molecular flexibility index (Phi) is 6.46. The average Bonchev–Trinajstić information content (AvgIpc) is 2.71. The van der Waals surface area contributed by atoms with Crippen molar-refractivity contribution in [2.45, 2.75) is 20.4 Å². The third-order valence-electron chi connectivity index (χ3n) is 5.10. The quantitative estimate of drug-likeness (QED) is 0.643. The van der Waals surface area contributed by atoms with Crippen molar-refractivity contribution in [3.05, 3.63) is 77.0 Å². The van der Waals surface area contributed by atoms with Crippen molar-refractivity contribution in [3.8, 4) is 6.07 Å². The van der Waals surface area contributed by atoms with Crippen LogP contribution < -0.4 is 5.32 Å². The fourth-order valence-electron chi connectivity index (χ4n) is 3.45. The zero-order chi connectivity index (χ0) is 19.9. The lowest BCUT2D eigenvalue weighted by Gasteiger charge is -2.34. The molecule has 0 radical (unpaired) electrons. The molecule has 1 aliphatic rings. The highest BCUT2D eigenvalue weighted by molar-refractivity contribution is 5.97. The fourth-order valence-corrected chi connectivity index (χ4v) is 3.45. The fraction of sp³-hybridized carbons (Fsp3) is 0.304. The van der Waals surface area contributed by atoms with Crippen molar-refractivity contribution in [2.24, 2.45) is 0 Å². The maximum Gasteiger partial charge on any atom is 0.266 e. The molecule has 2 aromatic rings. The van der Waals surface area contributed by atoms with Crippen molar-refractivity contribution < 1.29 is 4.79 Å². The van der Waals surface area contributed by atoms with Gasteiger partial charge in [0.25, 0.3) is 5.91 Å². The Hall–Kier alpha value is -3.10. The molecule has 5 nitrogen and oxygen atoms in total. The van der Waals surface area contributed by atoms with E-state index in [2.05, 4.69) is 28.4 Å². The number of aryl methyl sites for hydroxylation is 2. The van der Waals surface area contributed by atoms with Crippen LogP contribution in [0.4, 0.5) is 5.69 Å². The summed E-state index contributed by atoms with van der Waals surface area (Å²) in [6.45, 7) is 7.78. The van der Waals surface area contributed by atoms with Crippen LogP contribution in [-0.4, -0.2) is 41.9 Å². The Labute approximate surface area is 166 Å². The minimum absolute atomic E-state index is 0.138. The molecule has 1 heterocycles. The summed E-state index contributed by atoms with van der Waals surface area (Å²) in [6, 6.07) is 18.4. The number of para-hydroxylation sites is 1. The molecule has 0 bridgehead atoms. The summed E-state index contributed by atoms with van der Waals surface area (Å²) >= 11 is 0. The van der Waals surface area contributed by atoms with Gasteiger partial charge in [0.2, 0.25) is 0 Å². The molecule has 3 rings (SSSR count). The molecule has 1 fully saturated rings. The minimum atomic E-state index is -0.208. The number of nitriles is 1. The summed E-state index contributed by atoms with van der Waals surface area (Å²) in [5, 5.41) is 12.6. The van der Waals surface area contributed by atoms with E-state index in [1.165, 1.54) is 11.8 Å². The van der Waals surface area contributed by atoms with Crippen LogP contribution in [0, 0.1) is 25.2 Å². The van der Waals surface area contributed by atoms with Crippen LogP contribution in [0.5, 0.6) is 0 Å². The number of carbonyl (C=O) groups is 1. The number of nitrogens with zero attached hydrogens (tertiary/aromatic N) is 3. The second kappa shape index (κ2) is 9.20. The van der Waals surface area contributed by atoms with Gasteiger partial charge >= 0.3 is 0 Å².